The predicted molar refractivity (Wildman–Crippen MR) is 100 cm³/mol. The van der Waals surface area contributed by atoms with Crippen molar-refractivity contribution in [2.45, 2.75) is 95.0 Å². The van der Waals surface area contributed by atoms with E-state index < -0.39 is 6.04 Å². The van der Waals surface area contributed by atoms with E-state index in [2.05, 4.69) is 22.9 Å². The fourth-order valence-corrected chi connectivity index (χ4v) is 4.35. The van der Waals surface area contributed by atoms with E-state index in [-0.39, 0.29) is 28.5 Å². The standard InChI is InChI=1S/C18H31N3O3S/c1-2-3-4-12-16(25-18(24)19-13-8-5-6-9-13)21-17(23)14-10-7-11-15(22)20-14/h13-14,16H,2-12H2,1H3,(H,19,24)(H,20,22)(H,21,23)/t14-,16-/m0/s1. The first-order chi connectivity index (χ1) is 12.1. The van der Waals surface area contributed by atoms with Crippen molar-refractivity contribution < 1.29 is 14.4 Å². The molecule has 0 bridgehead atoms. The minimum atomic E-state index is -0.464. The molecule has 1 saturated heterocycles. The Morgan fingerprint density at radius 1 is 1.20 bits per heavy atom. The molecular formula is C18H31N3O3S. The average molecular weight is 370 g/mol. The van der Waals surface area contributed by atoms with Crippen LogP contribution in [0.1, 0.15) is 77.6 Å². The molecule has 0 aromatic heterocycles. The molecule has 2 rings (SSSR count). The van der Waals surface area contributed by atoms with Gasteiger partial charge in [-0.2, -0.15) is 0 Å². The lowest BCUT2D eigenvalue weighted by atomic mass is 10.0. The average Bonchev–Trinajstić information content (AvgIpc) is 3.07. The molecule has 2 atom stereocenters. The Bertz CT molecular complexity index is 466. The van der Waals surface area contributed by atoms with Crippen molar-refractivity contribution in [2.24, 2.45) is 0 Å². The molecule has 6 nitrogen and oxygen atoms in total. The summed E-state index contributed by atoms with van der Waals surface area (Å²) in [7, 11) is 0. The zero-order valence-corrected chi connectivity index (χ0v) is 16.0. The second-order valence-corrected chi connectivity index (χ2v) is 8.21. The number of piperidine rings is 1. The lowest BCUT2D eigenvalue weighted by Gasteiger charge is -2.25. The van der Waals surface area contributed by atoms with Gasteiger partial charge in [0.1, 0.15) is 6.04 Å². The summed E-state index contributed by atoms with van der Waals surface area (Å²) in [6, 6.07) is -0.182. The zero-order valence-electron chi connectivity index (χ0n) is 15.1. The molecule has 2 aliphatic rings. The van der Waals surface area contributed by atoms with Crippen LogP contribution >= 0.6 is 11.8 Å². The van der Waals surface area contributed by atoms with Crippen molar-refractivity contribution in [1.29, 1.82) is 0 Å². The Morgan fingerprint density at radius 2 is 1.96 bits per heavy atom. The Kier molecular flexibility index (Phi) is 8.58. The van der Waals surface area contributed by atoms with Crippen LogP contribution in [-0.4, -0.2) is 34.5 Å². The summed E-state index contributed by atoms with van der Waals surface area (Å²) in [4.78, 5) is 36.2. The molecule has 0 aromatic carbocycles. The van der Waals surface area contributed by atoms with E-state index >= 15 is 0 Å². The number of thioether (sulfide) groups is 1. The minimum Gasteiger partial charge on any atom is -0.344 e. The summed E-state index contributed by atoms with van der Waals surface area (Å²) in [6.45, 7) is 2.13. The number of carbonyl (C=O) groups is 3. The van der Waals surface area contributed by atoms with Gasteiger partial charge in [-0.25, -0.2) is 0 Å². The first-order valence-electron chi connectivity index (χ1n) is 9.65. The second-order valence-electron chi connectivity index (χ2n) is 7.04. The van der Waals surface area contributed by atoms with Gasteiger partial charge in [0.2, 0.25) is 11.8 Å². The van der Waals surface area contributed by atoms with Crippen molar-refractivity contribution in [2.75, 3.05) is 0 Å². The maximum Gasteiger partial charge on any atom is 0.281 e. The zero-order chi connectivity index (χ0) is 18.1. The van der Waals surface area contributed by atoms with Crippen LogP contribution in [0.2, 0.25) is 0 Å². The second kappa shape index (κ2) is 10.7. The van der Waals surface area contributed by atoms with Gasteiger partial charge in [0.05, 0.1) is 5.37 Å². The smallest absolute Gasteiger partial charge is 0.281 e. The highest BCUT2D eigenvalue weighted by Gasteiger charge is 2.27. The third-order valence-electron chi connectivity index (χ3n) is 4.85. The van der Waals surface area contributed by atoms with Crippen LogP contribution in [0.5, 0.6) is 0 Å². The number of amides is 3. The topological polar surface area (TPSA) is 87.3 Å². The maximum atomic E-state index is 12.4. The van der Waals surface area contributed by atoms with Gasteiger partial charge in [0.25, 0.3) is 5.24 Å². The van der Waals surface area contributed by atoms with Gasteiger partial charge in [-0.15, -0.1) is 0 Å². The van der Waals surface area contributed by atoms with E-state index in [1.54, 1.807) is 0 Å². The van der Waals surface area contributed by atoms with Gasteiger partial charge < -0.3 is 16.0 Å². The van der Waals surface area contributed by atoms with Crippen molar-refractivity contribution in [3.05, 3.63) is 0 Å². The van der Waals surface area contributed by atoms with E-state index in [4.69, 9.17) is 0 Å². The highest BCUT2D eigenvalue weighted by molar-refractivity contribution is 8.14. The van der Waals surface area contributed by atoms with Crippen LogP contribution in [0.25, 0.3) is 0 Å². The van der Waals surface area contributed by atoms with Crippen LogP contribution in [0.15, 0.2) is 0 Å². The number of nitrogens with one attached hydrogen (secondary N) is 3. The molecule has 3 amide bonds. The Morgan fingerprint density at radius 3 is 2.64 bits per heavy atom. The van der Waals surface area contributed by atoms with E-state index in [0.29, 0.717) is 12.8 Å². The number of hydrogen-bond donors (Lipinski definition) is 3. The highest BCUT2D eigenvalue weighted by Crippen LogP contribution is 2.22. The van der Waals surface area contributed by atoms with Crippen LogP contribution in [0.4, 0.5) is 4.79 Å². The first-order valence-corrected chi connectivity index (χ1v) is 10.5. The quantitative estimate of drug-likeness (QED) is 0.453. The minimum absolute atomic E-state index is 0.0543. The molecule has 2 fully saturated rings. The molecule has 0 spiro atoms. The van der Waals surface area contributed by atoms with Gasteiger partial charge >= 0.3 is 0 Å². The van der Waals surface area contributed by atoms with Crippen LogP contribution in [-0.2, 0) is 9.59 Å². The summed E-state index contributed by atoms with van der Waals surface area (Å²) < 4.78 is 0. The number of unbranched alkanes of at least 4 members (excludes halogenated alkanes) is 2. The molecule has 1 heterocycles. The molecule has 25 heavy (non-hydrogen) atoms. The van der Waals surface area contributed by atoms with E-state index in [1.165, 1.54) is 24.6 Å². The van der Waals surface area contributed by atoms with Crippen molar-refractivity contribution in [3.8, 4) is 0 Å². The third-order valence-corrected chi connectivity index (χ3v) is 5.82. The molecule has 0 radical (unpaired) electrons. The largest absolute Gasteiger partial charge is 0.344 e. The van der Waals surface area contributed by atoms with E-state index in [9.17, 15) is 14.4 Å². The van der Waals surface area contributed by atoms with Crippen molar-refractivity contribution >= 4 is 28.8 Å². The van der Waals surface area contributed by atoms with Crippen LogP contribution in [0, 0.1) is 0 Å². The molecule has 3 N–H and O–H groups in total. The lowest BCUT2D eigenvalue weighted by Crippen LogP contribution is -2.51. The monoisotopic (exact) mass is 369 g/mol. The lowest BCUT2D eigenvalue weighted by molar-refractivity contribution is -0.131. The van der Waals surface area contributed by atoms with Crippen molar-refractivity contribution in [3.63, 3.8) is 0 Å². The van der Waals surface area contributed by atoms with Gasteiger partial charge in [0, 0.05) is 12.5 Å². The molecule has 1 saturated carbocycles. The Labute approximate surface area is 154 Å². The summed E-state index contributed by atoms with van der Waals surface area (Å²) in [5.74, 6) is -0.240. The van der Waals surface area contributed by atoms with Gasteiger partial charge in [-0.3, -0.25) is 14.4 Å². The molecular weight excluding hydrogens is 338 g/mol. The fraction of sp³-hybridized carbons (Fsp3) is 0.833. The number of rotatable bonds is 8. The summed E-state index contributed by atoms with van der Waals surface area (Å²) in [5.41, 5.74) is 0. The number of hydrogen-bond acceptors (Lipinski definition) is 4. The predicted octanol–water partition coefficient (Wildman–Crippen LogP) is 3.06. The Hall–Kier alpha value is -1.24. The fourth-order valence-electron chi connectivity index (χ4n) is 3.40. The van der Waals surface area contributed by atoms with Crippen LogP contribution < -0.4 is 16.0 Å². The SMILES string of the molecule is CCCCC[C@@H](NC(=O)[C@@H]1CCCC(=O)N1)SC(=O)NC1CCCC1. The van der Waals surface area contributed by atoms with Gasteiger partial charge in [-0.05, 0) is 43.9 Å². The molecule has 7 heteroatoms. The van der Waals surface area contributed by atoms with E-state index in [0.717, 1.165) is 44.9 Å². The summed E-state index contributed by atoms with van der Waals surface area (Å²) in [5, 5.41) is 8.48. The normalized spacial score (nSPS) is 22.3. The highest BCUT2D eigenvalue weighted by atomic mass is 32.2. The Balaban J connectivity index is 1.83. The molecule has 1 aliphatic heterocycles. The van der Waals surface area contributed by atoms with Gasteiger partial charge in [-0.1, -0.05) is 39.0 Å². The third kappa shape index (κ3) is 7.26. The molecule has 0 aromatic rings. The van der Waals surface area contributed by atoms with Crippen LogP contribution in [0.3, 0.4) is 0 Å². The molecule has 0 unspecified atom stereocenters. The molecule has 142 valence electrons. The summed E-state index contributed by atoms with van der Waals surface area (Å²) in [6.07, 6.45) is 10.3. The summed E-state index contributed by atoms with van der Waals surface area (Å²) >= 11 is 1.18. The molecule has 1 aliphatic carbocycles. The maximum absolute atomic E-state index is 12.4. The first kappa shape index (κ1) is 20.1. The van der Waals surface area contributed by atoms with E-state index in [1.807, 2.05) is 0 Å². The van der Waals surface area contributed by atoms with Gasteiger partial charge in [0.15, 0.2) is 0 Å². The van der Waals surface area contributed by atoms with Crippen molar-refractivity contribution in [1.82, 2.24) is 16.0 Å². The number of carbonyl (C=O) groups excluding carboxylic acids is 3.